The molecule has 0 bridgehead atoms. The van der Waals surface area contributed by atoms with Crippen LogP contribution in [0.5, 0.6) is 11.5 Å². The van der Waals surface area contributed by atoms with Gasteiger partial charge in [0.2, 0.25) is 0 Å². The molecule has 1 amide bonds. The van der Waals surface area contributed by atoms with Crippen molar-refractivity contribution >= 4 is 30.5 Å². The van der Waals surface area contributed by atoms with Gasteiger partial charge in [-0.1, -0.05) is 91.1 Å². The number of hydrogen-bond donors (Lipinski definition) is 1. The first-order valence-electron chi connectivity index (χ1n) is 19.3. The number of nitrogens with zero attached hydrogens (tertiary/aromatic N) is 5. The van der Waals surface area contributed by atoms with Crippen LogP contribution >= 0.6 is 0 Å². The molecule has 1 spiro atoms. The summed E-state index contributed by atoms with van der Waals surface area (Å²) in [4.78, 5) is 30.7. The third kappa shape index (κ3) is 6.47. The van der Waals surface area contributed by atoms with Crippen molar-refractivity contribution < 1.29 is 24.1 Å². The molecule has 1 fully saturated rings. The molecular formula is C45H47N5O6Si. The molecule has 0 radical (unpaired) electrons. The van der Waals surface area contributed by atoms with Crippen LogP contribution in [0.4, 0.5) is 11.4 Å². The van der Waals surface area contributed by atoms with E-state index in [9.17, 15) is 9.90 Å². The number of ether oxygens (including phenoxy) is 3. The largest absolute Gasteiger partial charge is 0.497 e. The minimum atomic E-state index is -2.45. The third-order valence-electron chi connectivity index (χ3n) is 12.1. The molecule has 1 unspecified atom stereocenters. The average Bonchev–Trinajstić information content (AvgIpc) is 3.90. The Labute approximate surface area is 333 Å². The molecule has 8 rings (SSSR count). The van der Waals surface area contributed by atoms with E-state index in [4.69, 9.17) is 14.2 Å². The van der Waals surface area contributed by atoms with Gasteiger partial charge >= 0.3 is 0 Å². The van der Waals surface area contributed by atoms with E-state index < -0.39 is 13.7 Å². The summed E-state index contributed by atoms with van der Waals surface area (Å²) in [5, 5.41) is 20.5. The zero-order valence-electron chi connectivity index (χ0n) is 32.8. The molecule has 0 aliphatic carbocycles. The van der Waals surface area contributed by atoms with Gasteiger partial charge in [0.25, 0.3) is 11.5 Å². The number of pyridine rings is 1. The summed E-state index contributed by atoms with van der Waals surface area (Å²) >= 11 is 0. The van der Waals surface area contributed by atoms with E-state index in [0.717, 1.165) is 28.3 Å². The fraction of sp³-hybridized carbons (Fsp3) is 0.289. The zero-order chi connectivity index (χ0) is 39.9. The molecule has 57 heavy (non-hydrogen) atoms. The van der Waals surface area contributed by atoms with E-state index in [-0.39, 0.29) is 47.3 Å². The fourth-order valence-corrected chi connectivity index (χ4v) is 13.3. The first-order valence-corrected chi connectivity index (χ1v) is 22.4. The first kappa shape index (κ1) is 38.1. The molecule has 11 nitrogen and oxygen atoms in total. The number of aliphatic hydroxyl groups excluding tert-OH is 1. The Morgan fingerprint density at radius 3 is 2.28 bits per heavy atom. The maximum absolute atomic E-state index is 15.4. The van der Waals surface area contributed by atoms with Crippen molar-refractivity contribution in [2.24, 2.45) is 5.92 Å². The summed E-state index contributed by atoms with van der Waals surface area (Å²) in [6, 6.07) is 36.9. The van der Waals surface area contributed by atoms with Gasteiger partial charge in [0.15, 0.2) is 11.4 Å². The standard InChI is InChI=1S/C45H47N5O6Si/c1-30-42(57(4,5)35-21-19-34(54-2)20-22-35)40(24-26-48-28-38(46-47-48)36(29-51)31-13-8-6-9-14-31)56-45(30)37-27-33(49-25-12-17-41(55-3)43(49)52)18-23-39(37)50(44(45)53)32-15-10-7-11-16-32/h6-23,25,27-28,30,36,40,42,51H,24,26,29H2,1-5H3/t30-,36?,40+,42-,45+/m0/s1. The molecule has 2 aliphatic rings. The van der Waals surface area contributed by atoms with Gasteiger partial charge in [0.05, 0.1) is 52.3 Å². The molecule has 4 heterocycles. The highest BCUT2D eigenvalue weighted by atomic mass is 28.3. The molecule has 5 atom stereocenters. The Morgan fingerprint density at radius 1 is 0.877 bits per heavy atom. The Morgan fingerprint density at radius 2 is 1.60 bits per heavy atom. The predicted molar refractivity (Wildman–Crippen MR) is 222 cm³/mol. The van der Waals surface area contributed by atoms with E-state index in [0.29, 0.717) is 24.3 Å². The number of fused-ring (bicyclic) bond motifs is 2. The van der Waals surface area contributed by atoms with Crippen molar-refractivity contribution in [3.8, 4) is 17.2 Å². The van der Waals surface area contributed by atoms with Gasteiger partial charge in [0, 0.05) is 41.8 Å². The summed E-state index contributed by atoms with van der Waals surface area (Å²) in [5.74, 6) is 0.271. The summed E-state index contributed by atoms with van der Waals surface area (Å²) in [7, 11) is 0.688. The minimum Gasteiger partial charge on any atom is -0.497 e. The van der Waals surface area contributed by atoms with Crippen molar-refractivity contribution in [1.29, 1.82) is 0 Å². The molecule has 2 aliphatic heterocycles. The summed E-state index contributed by atoms with van der Waals surface area (Å²) in [5.41, 5.74) is 2.74. The molecular weight excluding hydrogens is 735 g/mol. The topological polar surface area (TPSA) is 121 Å². The number of carbonyl (C=O) groups is 1. The van der Waals surface area contributed by atoms with Crippen LogP contribution < -0.4 is 25.1 Å². The van der Waals surface area contributed by atoms with Gasteiger partial charge in [-0.3, -0.25) is 23.7 Å². The number of rotatable bonds is 12. The van der Waals surface area contributed by atoms with E-state index in [1.54, 1.807) is 34.9 Å². The highest BCUT2D eigenvalue weighted by molar-refractivity contribution is 6.91. The van der Waals surface area contributed by atoms with Crippen LogP contribution in [0.25, 0.3) is 5.69 Å². The van der Waals surface area contributed by atoms with E-state index in [1.165, 1.54) is 12.3 Å². The van der Waals surface area contributed by atoms with Gasteiger partial charge in [-0.05, 0) is 72.1 Å². The predicted octanol–water partition coefficient (Wildman–Crippen LogP) is 6.56. The van der Waals surface area contributed by atoms with Crippen LogP contribution in [0.1, 0.15) is 36.1 Å². The number of anilines is 2. The van der Waals surface area contributed by atoms with Gasteiger partial charge in [-0.25, -0.2) is 0 Å². The summed E-state index contributed by atoms with van der Waals surface area (Å²) in [6.07, 6.45) is 3.81. The number of amides is 1. The number of aryl methyl sites for hydroxylation is 1. The lowest BCUT2D eigenvalue weighted by Gasteiger charge is -2.37. The second kappa shape index (κ2) is 15.3. The molecule has 12 heteroatoms. The summed E-state index contributed by atoms with van der Waals surface area (Å²) in [6.45, 7) is 7.25. The number of aliphatic hydroxyl groups is 1. The average molecular weight is 782 g/mol. The van der Waals surface area contributed by atoms with Crippen molar-refractivity contribution in [2.45, 2.75) is 56.1 Å². The molecule has 4 aromatic carbocycles. The van der Waals surface area contributed by atoms with Crippen LogP contribution in [0.2, 0.25) is 18.6 Å². The highest BCUT2D eigenvalue weighted by Crippen LogP contribution is 2.61. The molecule has 1 N–H and O–H groups in total. The monoisotopic (exact) mass is 781 g/mol. The Balaban J connectivity index is 1.23. The number of aromatic nitrogens is 4. The quantitative estimate of drug-likeness (QED) is 0.139. The molecule has 292 valence electrons. The lowest BCUT2D eigenvalue weighted by molar-refractivity contribution is -0.145. The molecule has 6 aromatic rings. The second-order valence-corrected chi connectivity index (χ2v) is 20.1. The maximum Gasteiger partial charge on any atom is 0.297 e. The van der Waals surface area contributed by atoms with Gasteiger partial charge in [-0.15, -0.1) is 5.10 Å². The van der Waals surface area contributed by atoms with Crippen LogP contribution in [0, 0.1) is 5.92 Å². The second-order valence-electron chi connectivity index (χ2n) is 15.4. The number of para-hydroxylation sites is 1. The Hall–Kier alpha value is -5.82. The van der Waals surface area contributed by atoms with E-state index in [2.05, 4.69) is 42.5 Å². The van der Waals surface area contributed by atoms with Crippen molar-refractivity contribution in [1.82, 2.24) is 19.6 Å². The normalized spacial score (nSPS) is 20.8. The molecule has 2 aromatic heterocycles. The van der Waals surface area contributed by atoms with Gasteiger partial charge < -0.3 is 19.3 Å². The minimum absolute atomic E-state index is 0.0286. The number of methoxy groups -OCH3 is 2. The third-order valence-corrected chi connectivity index (χ3v) is 16.5. The van der Waals surface area contributed by atoms with E-state index in [1.807, 2.05) is 102 Å². The maximum atomic E-state index is 15.4. The van der Waals surface area contributed by atoms with E-state index >= 15 is 4.79 Å². The zero-order valence-corrected chi connectivity index (χ0v) is 33.8. The number of carbonyl (C=O) groups excluding carboxylic acids is 1. The van der Waals surface area contributed by atoms with Crippen LogP contribution in [-0.4, -0.2) is 65.6 Å². The Kier molecular flexibility index (Phi) is 10.2. The van der Waals surface area contributed by atoms with Gasteiger partial charge in [-0.2, -0.15) is 0 Å². The van der Waals surface area contributed by atoms with Crippen LogP contribution in [0.15, 0.2) is 132 Å². The smallest absolute Gasteiger partial charge is 0.297 e. The highest BCUT2D eigenvalue weighted by Gasteiger charge is 2.66. The SMILES string of the molecule is COc1ccc([Si](C)(C)[C@@H]2[C@@H](CCn3cc(C(CO)c4ccccc4)nn3)O[C@]3(C(=O)N(c4ccccc4)c4ccc(-n5cccc(OC)c5=O)cc43)[C@H]2C)cc1. The lowest BCUT2D eigenvalue weighted by atomic mass is 9.82. The van der Waals surface area contributed by atoms with Crippen molar-refractivity contribution in [2.75, 3.05) is 25.7 Å². The number of hydrogen-bond acceptors (Lipinski definition) is 8. The van der Waals surface area contributed by atoms with Crippen LogP contribution in [0.3, 0.4) is 0 Å². The lowest BCUT2D eigenvalue weighted by Crippen LogP contribution is -2.51. The van der Waals surface area contributed by atoms with Crippen molar-refractivity contribution in [3.05, 3.63) is 155 Å². The first-order chi connectivity index (χ1) is 27.6. The number of benzene rings is 4. The molecule has 1 saturated heterocycles. The van der Waals surface area contributed by atoms with Crippen LogP contribution in [-0.2, 0) is 21.7 Å². The Bertz CT molecular complexity index is 2440. The van der Waals surface area contributed by atoms with Gasteiger partial charge in [0.1, 0.15) is 5.75 Å². The van der Waals surface area contributed by atoms with Crippen molar-refractivity contribution in [3.63, 3.8) is 0 Å². The fourth-order valence-electron chi connectivity index (χ4n) is 9.21. The summed E-state index contributed by atoms with van der Waals surface area (Å²) < 4.78 is 21.7. The molecule has 0 saturated carbocycles.